The first kappa shape index (κ1) is 13.9. The summed E-state index contributed by atoms with van der Waals surface area (Å²) in [5.74, 6) is -0.881. The van der Waals surface area contributed by atoms with Gasteiger partial charge in [0.1, 0.15) is 11.6 Å². The molecule has 1 heterocycles. The number of benzene rings is 2. The van der Waals surface area contributed by atoms with E-state index in [0.29, 0.717) is 0 Å². The van der Waals surface area contributed by atoms with Gasteiger partial charge in [0.05, 0.1) is 11.2 Å². The highest BCUT2D eigenvalue weighted by molar-refractivity contribution is 9.10. The second-order valence-electron chi connectivity index (χ2n) is 4.62. The minimum absolute atomic E-state index is 0.195. The van der Waals surface area contributed by atoms with Gasteiger partial charge in [-0.2, -0.15) is 0 Å². The summed E-state index contributed by atoms with van der Waals surface area (Å²) in [6, 6.07) is 11.1. The Morgan fingerprint density at radius 3 is 2.81 bits per heavy atom. The highest BCUT2D eigenvalue weighted by Crippen LogP contribution is 2.24. The highest BCUT2D eigenvalue weighted by Gasteiger charge is 2.06. The molecule has 0 saturated heterocycles. The Bertz CT molecular complexity index is 805. The van der Waals surface area contributed by atoms with Crippen LogP contribution in [0.2, 0.25) is 0 Å². The SMILES string of the molecule is Fc1ccc(F)c(CNc2cccc3cc(Br)cnc23)c1. The average molecular weight is 349 g/mol. The largest absolute Gasteiger partial charge is 0.379 e. The number of rotatable bonds is 3. The van der Waals surface area contributed by atoms with Crippen molar-refractivity contribution in [3.05, 3.63) is 70.3 Å². The summed E-state index contributed by atoms with van der Waals surface area (Å²) in [4.78, 5) is 4.36. The minimum atomic E-state index is -0.451. The van der Waals surface area contributed by atoms with Gasteiger partial charge in [0.15, 0.2) is 0 Å². The van der Waals surface area contributed by atoms with Gasteiger partial charge in [-0.1, -0.05) is 12.1 Å². The normalized spacial score (nSPS) is 10.8. The molecule has 0 radical (unpaired) electrons. The number of hydrogen-bond acceptors (Lipinski definition) is 2. The van der Waals surface area contributed by atoms with E-state index in [1.54, 1.807) is 6.20 Å². The zero-order valence-corrected chi connectivity index (χ0v) is 12.5. The number of anilines is 1. The third-order valence-corrected chi connectivity index (χ3v) is 3.59. The van der Waals surface area contributed by atoms with Crippen LogP contribution in [-0.2, 0) is 6.54 Å². The van der Waals surface area contributed by atoms with E-state index in [9.17, 15) is 8.78 Å². The van der Waals surface area contributed by atoms with Gasteiger partial charge >= 0.3 is 0 Å². The van der Waals surface area contributed by atoms with Gasteiger partial charge in [0, 0.05) is 28.2 Å². The predicted molar refractivity (Wildman–Crippen MR) is 83.1 cm³/mol. The lowest BCUT2D eigenvalue weighted by Crippen LogP contribution is -2.03. The third kappa shape index (κ3) is 3.03. The quantitative estimate of drug-likeness (QED) is 0.728. The summed E-state index contributed by atoms with van der Waals surface area (Å²) >= 11 is 3.38. The molecule has 0 spiro atoms. The van der Waals surface area contributed by atoms with Gasteiger partial charge in [0.25, 0.3) is 0 Å². The molecular formula is C16H11BrF2N2. The van der Waals surface area contributed by atoms with Gasteiger partial charge in [0.2, 0.25) is 0 Å². The van der Waals surface area contributed by atoms with Crippen molar-refractivity contribution >= 4 is 32.5 Å². The van der Waals surface area contributed by atoms with Crippen LogP contribution in [0.1, 0.15) is 5.56 Å². The molecule has 0 amide bonds. The second-order valence-corrected chi connectivity index (χ2v) is 5.54. The van der Waals surface area contributed by atoms with Crippen LogP contribution in [0.5, 0.6) is 0 Å². The fourth-order valence-electron chi connectivity index (χ4n) is 2.15. The summed E-state index contributed by atoms with van der Waals surface area (Å²) < 4.78 is 27.7. The Morgan fingerprint density at radius 1 is 1.10 bits per heavy atom. The first-order valence-corrected chi connectivity index (χ1v) is 7.15. The van der Waals surface area contributed by atoms with Crippen LogP contribution in [0.15, 0.2) is 53.1 Å². The van der Waals surface area contributed by atoms with Crippen molar-refractivity contribution < 1.29 is 8.78 Å². The number of pyridine rings is 1. The molecule has 0 unspecified atom stereocenters. The number of para-hydroxylation sites is 1. The lowest BCUT2D eigenvalue weighted by atomic mass is 10.1. The van der Waals surface area contributed by atoms with E-state index in [4.69, 9.17) is 0 Å². The average Bonchev–Trinajstić information content (AvgIpc) is 2.47. The van der Waals surface area contributed by atoms with Gasteiger partial charge < -0.3 is 5.32 Å². The molecule has 21 heavy (non-hydrogen) atoms. The number of halogens is 3. The monoisotopic (exact) mass is 348 g/mol. The van der Waals surface area contributed by atoms with E-state index in [2.05, 4.69) is 26.2 Å². The Hall–Kier alpha value is -2.01. The van der Waals surface area contributed by atoms with Gasteiger partial charge in [-0.15, -0.1) is 0 Å². The highest BCUT2D eigenvalue weighted by atomic mass is 79.9. The van der Waals surface area contributed by atoms with Crippen LogP contribution in [-0.4, -0.2) is 4.98 Å². The molecule has 0 saturated carbocycles. The first-order chi connectivity index (χ1) is 10.1. The van der Waals surface area contributed by atoms with Crippen LogP contribution in [0, 0.1) is 11.6 Å². The molecule has 1 N–H and O–H groups in total. The van der Waals surface area contributed by atoms with Crippen molar-refractivity contribution in [3.8, 4) is 0 Å². The summed E-state index contributed by atoms with van der Waals surface area (Å²) in [6.45, 7) is 0.195. The van der Waals surface area contributed by atoms with Crippen LogP contribution < -0.4 is 5.32 Å². The molecule has 2 aromatic carbocycles. The molecule has 3 rings (SSSR count). The Balaban J connectivity index is 1.90. The number of fused-ring (bicyclic) bond motifs is 1. The summed E-state index contributed by atoms with van der Waals surface area (Å²) in [6.07, 6.45) is 1.70. The van der Waals surface area contributed by atoms with E-state index >= 15 is 0 Å². The van der Waals surface area contributed by atoms with E-state index in [1.165, 1.54) is 6.07 Å². The van der Waals surface area contributed by atoms with E-state index in [0.717, 1.165) is 33.2 Å². The van der Waals surface area contributed by atoms with Crippen molar-refractivity contribution in [2.75, 3.05) is 5.32 Å². The van der Waals surface area contributed by atoms with Crippen LogP contribution in [0.4, 0.5) is 14.5 Å². The van der Waals surface area contributed by atoms with Crippen LogP contribution in [0.25, 0.3) is 10.9 Å². The van der Waals surface area contributed by atoms with Gasteiger partial charge in [-0.25, -0.2) is 8.78 Å². The molecule has 5 heteroatoms. The maximum atomic E-state index is 13.6. The Morgan fingerprint density at radius 2 is 1.95 bits per heavy atom. The van der Waals surface area contributed by atoms with Crippen molar-refractivity contribution in [3.63, 3.8) is 0 Å². The number of nitrogens with one attached hydrogen (secondary N) is 1. The molecule has 3 aromatic rings. The standard InChI is InChI=1S/C16H11BrF2N2/c17-12-6-10-2-1-3-15(16(10)21-9-12)20-8-11-7-13(18)4-5-14(11)19/h1-7,9,20H,8H2. The molecular weight excluding hydrogens is 338 g/mol. The zero-order chi connectivity index (χ0) is 14.8. The van der Waals surface area contributed by atoms with E-state index in [1.807, 2.05) is 24.3 Å². The Kier molecular flexibility index (Phi) is 3.84. The summed E-state index contributed by atoms with van der Waals surface area (Å²) in [5.41, 5.74) is 1.85. The number of hydrogen-bond donors (Lipinski definition) is 1. The molecule has 0 bridgehead atoms. The molecule has 2 nitrogen and oxygen atoms in total. The molecule has 0 aliphatic heterocycles. The summed E-state index contributed by atoms with van der Waals surface area (Å²) in [7, 11) is 0. The second kappa shape index (κ2) is 5.77. The minimum Gasteiger partial charge on any atom is -0.379 e. The van der Waals surface area contributed by atoms with Crippen LogP contribution >= 0.6 is 15.9 Å². The fourth-order valence-corrected chi connectivity index (χ4v) is 2.49. The molecule has 0 atom stereocenters. The smallest absolute Gasteiger partial charge is 0.128 e. The lowest BCUT2D eigenvalue weighted by molar-refractivity contribution is 0.587. The molecule has 0 aliphatic rings. The van der Waals surface area contributed by atoms with Crippen molar-refractivity contribution in [2.24, 2.45) is 0 Å². The fraction of sp³-hybridized carbons (Fsp3) is 0.0625. The predicted octanol–water partition coefficient (Wildman–Crippen LogP) is 4.89. The third-order valence-electron chi connectivity index (χ3n) is 3.15. The number of nitrogens with zero attached hydrogens (tertiary/aromatic N) is 1. The maximum Gasteiger partial charge on any atom is 0.128 e. The molecule has 0 aliphatic carbocycles. The van der Waals surface area contributed by atoms with Crippen molar-refractivity contribution in [1.29, 1.82) is 0 Å². The van der Waals surface area contributed by atoms with Gasteiger partial charge in [-0.05, 0) is 46.3 Å². The molecule has 106 valence electrons. The molecule has 0 fully saturated rings. The van der Waals surface area contributed by atoms with Crippen molar-refractivity contribution in [1.82, 2.24) is 4.98 Å². The lowest BCUT2D eigenvalue weighted by Gasteiger charge is -2.10. The molecule has 1 aromatic heterocycles. The first-order valence-electron chi connectivity index (χ1n) is 6.35. The maximum absolute atomic E-state index is 13.6. The van der Waals surface area contributed by atoms with Crippen molar-refractivity contribution in [2.45, 2.75) is 6.54 Å². The Labute approximate surface area is 129 Å². The summed E-state index contributed by atoms with van der Waals surface area (Å²) in [5, 5.41) is 4.07. The van der Waals surface area contributed by atoms with E-state index < -0.39 is 11.6 Å². The number of aromatic nitrogens is 1. The van der Waals surface area contributed by atoms with E-state index in [-0.39, 0.29) is 12.1 Å². The zero-order valence-electron chi connectivity index (χ0n) is 10.9. The topological polar surface area (TPSA) is 24.9 Å². The van der Waals surface area contributed by atoms with Gasteiger partial charge in [-0.3, -0.25) is 4.98 Å². The van der Waals surface area contributed by atoms with Crippen LogP contribution in [0.3, 0.4) is 0 Å².